The van der Waals surface area contributed by atoms with Crippen molar-refractivity contribution in [3.8, 4) is 5.75 Å². The fourth-order valence-corrected chi connectivity index (χ4v) is 3.10. The van der Waals surface area contributed by atoms with Crippen LogP contribution in [0.25, 0.3) is 0 Å². The Morgan fingerprint density at radius 2 is 2.13 bits per heavy atom. The van der Waals surface area contributed by atoms with Crippen molar-refractivity contribution in [1.29, 1.82) is 0 Å². The van der Waals surface area contributed by atoms with Gasteiger partial charge in [-0.1, -0.05) is 32.0 Å². The zero-order chi connectivity index (χ0) is 16.8. The number of benzene rings is 1. The molecule has 3 N–H and O–H groups in total. The summed E-state index contributed by atoms with van der Waals surface area (Å²) in [6.07, 6.45) is 0.857. The van der Waals surface area contributed by atoms with Gasteiger partial charge in [0.1, 0.15) is 16.5 Å². The molecule has 1 heterocycles. The summed E-state index contributed by atoms with van der Waals surface area (Å²) in [5.41, 5.74) is 7.45. The Morgan fingerprint density at radius 3 is 2.83 bits per heavy atom. The van der Waals surface area contributed by atoms with E-state index in [0.29, 0.717) is 18.2 Å². The Morgan fingerprint density at radius 1 is 1.39 bits per heavy atom. The summed E-state index contributed by atoms with van der Waals surface area (Å²) in [5.74, 6) is 1.05. The van der Waals surface area contributed by atoms with Gasteiger partial charge in [-0.25, -0.2) is 4.98 Å². The van der Waals surface area contributed by atoms with E-state index in [-0.39, 0.29) is 11.9 Å². The molecule has 0 aliphatic carbocycles. The topological polar surface area (TPSA) is 77.2 Å². The summed E-state index contributed by atoms with van der Waals surface area (Å²) in [6.45, 7) is 4.64. The molecule has 124 valence electrons. The summed E-state index contributed by atoms with van der Waals surface area (Å²) in [7, 11) is 1.61. The Labute approximate surface area is 140 Å². The summed E-state index contributed by atoms with van der Waals surface area (Å²) < 4.78 is 5.27. The van der Waals surface area contributed by atoms with Gasteiger partial charge in [-0.3, -0.25) is 4.79 Å². The maximum Gasteiger partial charge on any atom is 0.271 e. The first-order chi connectivity index (χ1) is 11.0. The quantitative estimate of drug-likeness (QED) is 0.816. The number of carbonyl (C=O) groups excluding carboxylic acids is 1. The molecule has 2 rings (SSSR count). The molecule has 5 nitrogen and oxygen atoms in total. The van der Waals surface area contributed by atoms with Gasteiger partial charge in [0.15, 0.2) is 0 Å². The van der Waals surface area contributed by atoms with Crippen LogP contribution in [-0.4, -0.2) is 18.0 Å². The van der Waals surface area contributed by atoms with Gasteiger partial charge in [0.05, 0.1) is 13.2 Å². The maximum absolute atomic E-state index is 12.2. The molecule has 23 heavy (non-hydrogen) atoms. The van der Waals surface area contributed by atoms with Crippen LogP contribution in [-0.2, 0) is 6.54 Å². The smallest absolute Gasteiger partial charge is 0.271 e. The number of para-hydroxylation sites is 1. The maximum atomic E-state index is 12.2. The van der Waals surface area contributed by atoms with Crippen LogP contribution in [0.5, 0.6) is 5.75 Å². The third-order valence-electron chi connectivity index (χ3n) is 3.43. The normalized spacial score (nSPS) is 12.2. The van der Waals surface area contributed by atoms with Crippen LogP contribution in [0, 0.1) is 5.92 Å². The Bertz CT molecular complexity index is 655. The molecule has 0 aliphatic rings. The zero-order valence-electron chi connectivity index (χ0n) is 13.7. The molecular weight excluding hydrogens is 310 g/mol. The first kappa shape index (κ1) is 17.4. The SMILES string of the molecule is COc1ccccc1CNC(=O)c1csc(C(N)CC(C)C)n1. The van der Waals surface area contributed by atoms with Gasteiger partial charge in [-0.2, -0.15) is 0 Å². The fourth-order valence-electron chi connectivity index (χ4n) is 2.29. The van der Waals surface area contributed by atoms with Crippen molar-refractivity contribution in [2.45, 2.75) is 32.9 Å². The molecule has 0 saturated heterocycles. The van der Waals surface area contributed by atoms with Crippen molar-refractivity contribution in [2.24, 2.45) is 11.7 Å². The molecule has 1 amide bonds. The van der Waals surface area contributed by atoms with Crippen LogP contribution < -0.4 is 15.8 Å². The first-order valence-electron chi connectivity index (χ1n) is 7.62. The van der Waals surface area contributed by atoms with E-state index in [1.165, 1.54) is 11.3 Å². The van der Waals surface area contributed by atoms with E-state index in [4.69, 9.17) is 10.5 Å². The highest BCUT2D eigenvalue weighted by molar-refractivity contribution is 7.09. The predicted molar refractivity (Wildman–Crippen MR) is 92.7 cm³/mol. The number of methoxy groups -OCH3 is 1. The van der Waals surface area contributed by atoms with Gasteiger partial charge in [-0.15, -0.1) is 11.3 Å². The molecule has 6 heteroatoms. The van der Waals surface area contributed by atoms with Crippen LogP contribution in [0.15, 0.2) is 29.6 Å². The molecule has 0 fully saturated rings. The number of carbonyl (C=O) groups is 1. The molecule has 0 aliphatic heterocycles. The largest absolute Gasteiger partial charge is 0.496 e. The second-order valence-corrected chi connectivity index (χ2v) is 6.69. The Balaban J connectivity index is 1.97. The fraction of sp³-hybridized carbons (Fsp3) is 0.412. The van der Waals surface area contributed by atoms with E-state index in [2.05, 4.69) is 24.1 Å². The third-order valence-corrected chi connectivity index (χ3v) is 4.41. The number of nitrogens with two attached hydrogens (primary N) is 1. The van der Waals surface area contributed by atoms with Crippen LogP contribution in [0.2, 0.25) is 0 Å². The first-order valence-corrected chi connectivity index (χ1v) is 8.50. The summed E-state index contributed by atoms with van der Waals surface area (Å²) in [5, 5.41) is 5.43. The highest BCUT2D eigenvalue weighted by atomic mass is 32.1. The zero-order valence-corrected chi connectivity index (χ0v) is 14.5. The second kappa shape index (κ2) is 8.08. The molecule has 0 radical (unpaired) electrons. The van der Waals surface area contributed by atoms with Crippen molar-refractivity contribution >= 4 is 17.2 Å². The van der Waals surface area contributed by atoms with E-state index in [9.17, 15) is 4.79 Å². The molecule has 1 atom stereocenters. The molecular formula is C17H23N3O2S. The number of hydrogen-bond donors (Lipinski definition) is 2. The van der Waals surface area contributed by atoms with Gasteiger partial charge in [0, 0.05) is 17.5 Å². The minimum Gasteiger partial charge on any atom is -0.496 e. The Hall–Kier alpha value is -1.92. The highest BCUT2D eigenvalue weighted by Gasteiger charge is 2.16. The number of thiazole rings is 1. The number of aromatic nitrogens is 1. The van der Waals surface area contributed by atoms with Crippen molar-refractivity contribution < 1.29 is 9.53 Å². The van der Waals surface area contributed by atoms with Crippen LogP contribution in [0.4, 0.5) is 0 Å². The van der Waals surface area contributed by atoms with Gasteiger partial charge in [0.25, 0.3) is 5.91 Å². The lowest BCUT2D eigenvalue weighted by molar-refractivity contribution is 0.0946. The van der Waals surface area contributed by atoms with E-state index in [1.54, 1.807) is 12.5 Å². The molecule has 1 aromatic carbocycles. The number of hydrogen-bond acceptors (Lipinski definition) is 5. The number of nitrogens with one attached hydrogen (secondary N) is 1. The van der Waals surface area contributed by atoms with Crippen LogP contribution >= 0.6 is 11.3 Å². The molecule has 2 aromatic rings. The van der Waals surface area contributed by atoms with Crippen molar-refractivity contribution in [1.82, 2.24) is 10.3 Å². The second-order valence-electron chi connectivity index (χ2n) is 5.80. The summed E-state index contributed by atoms with van der Waals surface area (Å²) >= 11 is 1.44. The van der Waals surface area contributed by atoms with Crippen LogP contribution in [0.1, 0.15) is 47.4 Å². The molecule has 0 saturated carbocycles. The van der Waals surface area contributed by atoms with Gasteiger partial charge >= 0.3 is 0 Å². The van der Waals surface area contributed by atoms with E-state index in [0.717, 1.165) is 22.7 Å². The lowest BCUT2D eigenvalue weighted by atomic mass is 10.1. The van der Waals surface area contributed by atoms with Crippen molar-refractivity contribution in [3.63, 3.8) is 0 Å². The third kappa shape index (κ3) is 4.77. The number of ether oxygens (including phenoxy) is 1. The monoisotopic (exact) mass is 333 g/mol. The van der Waals surface area contributed by atoms with E-state index in [1.807, 2.05) is 24.3 Å². The molecule has 0 bridgehead atoms. The summed E-state index contributed by atoms with van der Waals surface area (Å²) in [4.78, 5) is 16.6. The standard InChI is InChI=1S/C17H23N3O2S/c1-11(2)8-13(18)17-20-14(10-23-17)16(21)19-9-12-6-4-5-7-15(12)22-3/h4-7,10-11,13H,8-9,18H2,1-3H3,(H,19,21). The molecule has 0 spiro atoms. The van der Waals surface area contributed by atoms with Crippen LogP contribution in [0.3, 0.4) is 0 Å². The van der Waals surface area contributed by atoms with Crippen molar-refractivity contribution in [3.05, 3.63) is 45.9 Å². The highest BCUT2D eigenvalue weighted by Crippen LogP contribution is 2.22. The number of amides is 1. The van der Waals surface area contributed by atoms with E-state index >= 15 is 0 Å². The average Bonchev–Trinajstić information content (AvgIpc) is 3.02. The summed E-state index contributed by atoms with van der Waals surface area (Å²) in [6, 6.07) is 7.48. The molecule has 1 aromatic heterocycles. The lowest BCUT2D eigenvalue weighted by Crippen LogP contribution is -2.23. The number of nitrogens with zero attached hydrogens (tertiary/aromatic N) is 1. The lowest BCUT2D eigenvalue weighted by Gasteiger charge is -2.10. The minimum atomic E-state index is -0.199. The minimum absolute atomic E-state index is 0.115. The number of rotatable bonds is 7. The van der Waals surface area contributed by atoms with Crippen molar-refractivity contribution in [2.75, 3.05) is 7.11 Å². The van der Waals surface area contributed by atoms with Gasteiger partial charge in [-0.05, 0) is 18.4 Å². The van der Waals surface area contributed by atoms with Gasteiger partial charge in [0.2, 0.25) is 0 Å². The van der Waals surface area contributed by atoms with Gasteiger partial charge < -0.3 is 15.8 Å². The average molecular weight is 333 g/mol. The Kier molecular flexibility index (Phi) is 6.12. The molecule has 1 unspecified atom stereocenters. The van der Waals surface area contributed by atoms with E-state index < -0.39 is 0 Å². The predicted octanol–water partition coefficient (Wildman–Crippen LogP) is 3.13.